The first kappa shape index (κ1) is 17.8. The monoisotopic (exact) mass is 343 g/mol. The second kappa shape index (κ2) is 8.39. The number of methoxy groups -OCH3 is 1. The molecule has 1 aromatic carbocycles. The Kier molecular flexibility index (Phi) is 5.97. The van der Waals surface area contributed by atoms with Gasteiger partial charge in [-0.25, -0.2) is 4.98 Å². The van der Waals surface area contributed by atoms with Crippen LogP contribution < -0.4 is 9.47 Å². The van der Waals surface area contributed by atoms with Crippen molar-refractivity contribution in [2.45, 2.75) is 38.6 Å². The minimum Gasteiger partial charge on any atom is -0.493 e. The molecular formula is C20H29N3O2. The number of imidazole rings is 1. The van der Waals surface area contributed by atoms with E-state index in [1.807, 2.05) is 30.5 Å². The number of para-hydroxylation sites is 2. The van der Waals surface area contributed by atoms with Gasteiger partial charge < -0.3 is 14.0 Å². The Bertz CT molecular complexity index is 668. The molecule has 0 amide bonds. The van der Waals surface area contributed by atoms with E-state index in [1.54, 1.807) is 7.11 Å². The van der Waals surface area contributed by atoms with E-state index in [4.69, 9.17) is 9.47 Å². The summed E-state index contributed by atoms with van der Waals surface area (Å²) in [6, 6.07) is 8.27. The third-order valence-electron chi connectivity index (χ3n) is 4.86. The Morgan fingerprint density at radius 2 is 2.04 bits per heavy atom. The second-order valence-corrected chi connectivity index (χ2v) is 6.93. The van der Waals surface area contributed by atoms with Gasteiger partial charge >= 0.3 is 0 Å². The van der Waals surface area contributed by atoms with Gasteiger partial charge in [-0.2, -0.15) is 0 Å². The minimum absolute atomic E-state index is 0.460. The molecule has 136 valence electrons. The molecule has 0 saturated carbocycles. The summed E-state index contributed by atoms with van der Waals surface area (Å²) in [5.41, 5.74) is 0. The van der Waals surface area contributed by atoms with E-state index in [0.29, 0.717) is 18.6 Å². The zero-order chi connectivity index (χ0) is 17.6. The number of benzene rings is 1. The smallest absolute Gasteiger partial charge is 0.161 e. The SMILES string of the molecule is COc1ccccc1OCCN1CCC[C@@H](c2nccn2C(C)C)C1. The molecule has 5 heteroatoms. The van der Waals surface area contributed by atoms with Crippen molar-refractivity contribution in [2.75, 3.05) is 33.4 Å². The summed E-state index contributed by atoms with van der Waals surface area (Å²) in [4.78, 5) is 7.12. The van der Waals surface area contributed by atoms with E-state index >= 15 is 0 Å². The lowest BCUT2D eigenvalue weighted by atomic mass is 9.97. The molecule has 1 aromatic heterocycles. The zero-order valence-electron chi connectivity index (χ0n) is 15.5. The van der Waals surface area contributed by atoms with Gasteiger partial charge in [0, 0.05) is 37.4 Å². The topological polar surface area (TPSA) is 39.5 Å². The van der Waals surface area contributed by atoms with Gasteiger partial charge in [0.25, 0.3) is 0 Å². The van der Waals surface area contributed by atoms with Crippen molar-refractivity contribution in [1.82, 2.24) is 14.5 Å². The highest BCUT2D eigenvalue weighted by atomic mass is 16.5. The highest BCUT2D eigenvalue weighted by molar-refractivity contribution is 5.39. The third-order valence-corrected chi connectivity index (χ3v) is 4.86. The van der Waals surface area contributed by atoms with Crippen LogP contribution in [-0.4, -0.2) is 47.8 Å². The van der Waals surface area contributed by atoms with Gasteiger partial charge in [0.1, 0.15) is 12.4 Å². The molecule has 0 radical (unpaired) electrons. The first-order valence-corrected chi connectivity index (χ1v) is 9.20. The van der Waals surface area contributed by atoms with Gasteiger partial charge in [0.2, 0.25) is 0 Å². The zero-order valence-corrected chi connectivity index (χ0v) is 15.5. The van der Waals surface area contributed by atoms with Gasteiger partial charge in [-0.15, -0.1) is 0 Å². The number of likely N-dealkylation sites (tertiary alicyclic amines) is 1. The lowest BCUT2D eigenvalue weighted by Gasteiger charge is -2.33. The molecule has 2 heterocycles. The van der Waals surface area contributed by atoms with E-state index in [2.05, 4.69) is 34.5 Å². The van der Waals surface area contributed by atoms with E-state index in [-0.39, 0.29) is 0 Å². The van der Waals surface area contributed by atoms with Crippen molar-refractivity contribution in [1.29, 1.82) is 0 Å². The second-order valence-electron chi connectivity index (χ2n) is 6.93. The average molecular weight is 343 g/mol. The predicted molar refractivity (Wildman–Crippen MR) is 99.5 cm³/mol. The van der Waals surface area contributed by atoms with E-state index < -0.39 is 0 Å². The minimum atomic E-state index is 0.460. The molecule has 5 nitrogen and oxygen atoms in total. The maximum atomic E-state index is 5.93. The highest BCUT2D eigenvalue weighted by Crippen LogP contribution is 2.28. The number of hydrogen-bond acceptors (Lipinski definition) is 4. The van der Waals surface area contributed by atoms with Crippen LogP contribution in [0.1, 0.15) is 44.5 Å². The van der Waals surface area contributed by atoms with E-state index in [9.17, 15) is 0 Å². The molecule has 0 unspecified atom stereocenters. The summed E-state index contributed by atoms with van der Waals surface area (Å²) in [6.07, 6.45) is 6.46. The Morgan fingerprint density at radius 3 is 2.80 bits per heavy atom. The number of hydrogen-bond donors (Lipinski definition) is 0. The standard InChI is InChI=1S/C20H29N3O2/c1-16(2)23-12-10-21-20(23)17-7-6-11-22(15-17)13-14-25-19-9-5-4-8-18(19)24-3/h4-5,8-10,12,16-17H,6-7,11,13-15H2,1-3H3/t17-/m1/s1. The van der Waals surface area contributed by atoms with E-state index in [0.717, 1.165) is 31.1 Å². The lowest BCUT2D eigenvalue weighted by molar-refractivity contribution is 0.164. The van der Waals surface area contributed by atoms with Crippen LogP contribution in [0.4, 0.5) is 0 Å². The van der Waals surface area contributed by atoms with Crippen molar-refractivity contribution in [3.05, 3.63) is 42.5 Å². The molecule has 3 rings (SSSR count). The molecule has 1 fully saturated rings. The molecule has 1 aliphatic rings. The summed E-state index contributed by atoms with van der Waals surface area (Å²) in [6.45, 7) is 8.22. The summed E-state index contributed by atoms with van der Waals surface area (Å²) >= 11 is 0. The lowest BCUT2D eigenvalue weighted by Crippen LogP contribution is -2.38. The molecular weight excluding hydrogens is 314 g/mol. The maximum absolute atomic E-state index is 5.93. The molecule has 25 heavy (non-hydrogen) atoms. The molecule has 1 saturated heterocycles. The molecule has 0 aliphatic carbocycles. The Balaban J connectivity index is 1.54. The number of piperidine rings is 1. The van der Waals surface area contributed by atoms with Gasteiger partial charge in [-0.1, -0.05) is 12.1 Å². The Labute approximate surface area is 150 Å². The molecule has 2 aromatic rings. The molecule has 1 aliphatic heterocycles. The first-order valence-electron chi connectivity index (χ1n) is 9.20. The van der Waals surface area contributed by atoms with Crippen LogP contribution in [0.5, 0.6) is 11.5 Å². The normalized spacial score (nSPS) is 18.5. The number of aromatic nitrogens is 2. The summed E-state index contributed by atoms with van der Waals surface area (Å²) in [5.74, 6) is 3.34. The van der Waals surface area contributed by atoms with Crippen LogP contribution in [0.2, 0.25) is 0 Å². The first-order chi connectivity index (χ1) is 12.2. The molecule has 0 spiro atoms. The van der Waals surface area contributed by atoms with Gasteiger partial charge in [-0.3, -0.25) is 4.90 Å². The third kappa shape index (κ3) is 4.34. The Hall–Kier alpha value is -2.01. The fraction of sp³-hybridized carbons (Fsp3) is 0.550. The predicted octanol–water partition coefficient (Wildman–Crippen LogP) is 3.73. The molecule has 1 atom stereocenters. The van der Waals surface area contributed by atoms with Crippen molar-refractivity contribution in [2.24, 2.45) is 0 Å². The summed E-state index contributed by atoms with van der Waals surface area (Å²) in [7, 11) is 1.67. The van der Waals surface area contributed by atoms with Crippen LogP contribution >= 0.6 is 0 Å². The van der Waals surface area contributed by atoms with E-state index in [1.165, 1.54) is 18.7 Å². The quantitative estimate of drug-likeness (QED) is 0.768. The fourth-order valence-electron chi connectivity index (χ4n) is 3.57. The van der Waals surface area contributed by atoms with Crippen LogP contribution in [0.25, 0.3) is 0 Å². The van der Waals surface area contributed by atoms with Crippen LogP contribution in [0, 0.1) is 0 Å². The van der Waals surface area contributed by atoms with Crippen molar-refractivity contribution in [3.63, 3.8) is 0 Å². The fourth-order valence-corrected chi connectivity index (χ4v) is 3.57. The Morgan fingerprint density at radius 1 is 1.24 bits per heavy atom. The maximum Gasteiger partial charge on any atom is 0.161 e. The highest BCUT2D eigenvalue weighted by Gasteiger charge is 2.25. The molecule has 0 bridgehead atoms. The summed E-state index contributed by atoms with van der Waals surface area (Å²) < 4.78 is 13.6. The number of rotatable bonds is 7. The van der Waals surface area contributed by atoms with Crippen LogP contribution in [0.3, 0.4) is 0 Å². The van der Waals surface area contributed by atoms with Gasteiger partial charge in [0.15, 0.2) is 11.5 Å². The van der Waals surface area contributed by atoms with Crippen molar-refractivity contribution < 1.29 is 9.47 Å². The van der Waals surface area contributed by atoms with Crippen molar-refractivity contribution in [3.8, 4) is 11.5 Å². The average Bonchev–Trinajstić information content (AvgIpc) is 3.12. The van der Waals surface area contributed by atoms with Gasteiger partial charge in [0.05, 0.1) is 7.11 Å². The summed E-state index contributed by atoms with van der Waals surface area (Å²) in [5, 5.41) is 0. The van der Waals surface area contributed by atoms with Crippen LogP contribution in [0.15, 0.2) is 36.7 Å². The van der Waals surface area contributed by atoms with Gasteiger partial charge in [-0.05, 0) is 45.4 Å². The largest absolute Gasteiger partial charge is 0.493 e. The number of ether oxygens (including phenoxy) is 2. The number of nitrogens with zero attached hydrogens (tertiary/aromatic N) is 3. The van der Waals surface area contributed by atoms with Crippen LogP contribution in [-0.2, 0) is 0 Å². The molecule has 0 N–H and O–H groups in total. The van der Waals surface area contributed by atoms with Crippen molar-refractivity contribution >= 4 is 0 Å².